The highest BCUT2D eigenvalue weighted by Gasteiger charge is 2.19. The van der Waals surface area contributed by atoms with Gasteiger partial charge in [0.2, 0.25) is 5.78 Å². The molecular weight excluding hydrogens is 258 g/mol. The van der Waals surface area contributed by atoms with Crippen LogP contribution in [0.3, 0.4) is 0 Å². The number of hydrogen-bond donors (Lipinski definition) is 1. The standard InChI is InChI=1S/C12H10ClNO2S/c1-16-11-7(3-2-4-9(11)14)10(15)12-8(13)5-6-17-12/h2-6H,14H2,1H3. The first-order chi connectivity index (χ1) is 8.15. The number of methoxy groups -OCH3 is 1. The monoisotopic (exact) mass is 267 g/mol. The maximum Gasteiger partial charge on any atom is 0.208 e. The van der Waals surface area contributed by atoms with Gasteiger partial charge in [0, 0.05) is 0 Å². The lowest BCUT2D eigenvalue weighted by atomic mass is 10.1. The minimum absolute atomic E-state index is 0.172. The van der Waals surface area contributed by atoms with Crippen molar-refractivity contribution in [2.45, 2.75) is 0 Å². The summed E-state index contributed by atoms with van der Waals surface area (Å²) in [6, 6.07) is 6.77. The van der Waals surface area contributed by atoms with Crippen LogP contribution in [0.5, 0.6) is 5.75 Å². The average molecular weight is 268 g/mol. The van der Waals surface area contributed by atoms with Crippen LogP contribution in [0, 0.1) is 0 Å². The van der Waals surface area contributed by atoms with Crippen LogP contribution in [-0.4, -0.2) is 12.9 Å². The fourth-order valence-electron chi connectivity index (χ4n) is 1.54. The lowest BCUT2D eigenvalue weighted by Gasteiger charge is -2.09. The van der Waals surface area contributed by atoms with E-state index in [9.17, 15) is 4.79 Å². The molecular formula is C12H10ClNO2S. The van der Waals surface area contributed by atoms with Crippen molar-refractivity contribution in [3.8, 4) is 5.75 Å². The molecule has 88 valence electrons. The highest BCUT2D eigenvalue weighted by molar-refractivity contribution is 7.13. The number of carbonyl (C=O) groups is 1. The molecule has 0 atom stereocenters. The van der Waals surface area contributed by atoms with E-state index in [-0.39, 0.29) is 5.78 Å². The Morgan fingerprint density at radius 1 is 1.41 bits per heavy atom. The van der Waals surface area contributed by atoms with Crippen LogP contribution in [-0.2, 0) is 0 Å². The van der Waals surface area contributed by atoms with E-state index in [1.807, 2.05) is 0 Å². The molecule has 2 N–H and O–H groups in total. The molecule has 0 aliphatic heterocycles. The zero-order chi connectivity index (χ0) is 12.4. The minimum Gasteiger partial charge on any atom is -0.494 e. The van der Waals surface area contributed by atoms with E-state index in [2.05, 4.69) is 0 Å². The van der Waals surface area contributed by atoms with E-state index < -0.39 is 0 Å². The molecule has 17 heavy (non-hydrogen) atoms. The smallest absolute Gasteiger partial charge is 0.208 e. The van der Waals surface area contributed by atoms with E-state index in [0.29, 0.717) is 26.9 Å². The molecule has 5 heteroatoms. The van der Waals surface area contributed by atoms with Gasteiger partial charge >= 0.3 is 0 Å². The molecule has 0 radical (unpaired) electrons. The number of halogens is 1. The zero-order valence-corrected chi connectivity index (χ0v) is 10.6. The van der Waals surface area contributed by atoms with Gasteiger partial charge in [-0.05, 0) is 23.6 Å². The average Bonchev–Trinajstić information content (AvgIpc) is 2.74. The number of carbonyl (C=O) groups excluding carboxylic acids is 1. The molecule has 2 aromatic rings. The number of nitrogens with two attached hydrogens (primary N) is 1. The fourth-order valence-corrected chi connectivity index (χ4v) is 2.63. The first kappa shape index (κ1) is 12.0. The maximum atomic E-state index is 12.3. The molecule has 0 fully saturated rings. The second-order valence-electron chi connectivity index (χ2n) is 3.35. The lowest BCUT2D eigenvalue weighted by Crippen LogP contribution is -2.04. The largest absolute Gasteiger partial charge is 0.494 e. The second kappa shape index (κ2) is 4.77. The highest BCUT2D eigenvalue weighted by Crippen LogP contribution is 2.31. The third kappa shape index (κ3) is 2.14. The highest BCUT2D eigenvalue weighted by atomic mass is 35.5. The Labute approximate surface area is 108 Å². The van der Waals surface area contributed by atoms with E-state index in [4.69, 9.17) is 22.1 Å². The molecule has 0 unspecified atom stereocenters. The van der Waals surface area contributed by atoms with Crippen molar-refractivity contribution < 1.29 is 9.53 Å². The van der Waals surface area contributed by atoms with Gasteiger partial charge in [0.15, 0.2) is 5.75 Å². The summed E-state index contributed by atoms with van der Waals surface area (Å²) < 4.78 is 5.15. The van der Waals surface area contributed by atoms with Crippen molar-refractivity contribution in [3.05, 3.63) is 45.1 Å². The van der Waals surface area contributed by atoms with Crippen molar-refractivity contribution >= 4 is 34.4 Å². The Hall–Kier alpha value is -1.52. The van der Waals surface area contributed by atoms with Crippen LogP contribution in [0.2, 0.25) is 5.02 Å². The van der Waals surface area contributed by atoms with Gasteiger partial charge in [-0.15, -0.1) is 11.3 Å². The normalized spacial score (nSPS) is 10.2. The molecule has 1 heterocycles. The van der Waals surface area contributed by atoms with Crippen LogP contribution in [0.15, 0.2) is 29.6 Å². The third-order valence-corrected chi connectivity index (χ3v) is 3.66. The Morgan fingerprint density at radius 3 is 2.76 bits per heavy atom. The first-order valence-electron chi connectivity index (χ1n) is 4.85. The second-order valence-corrected chi connectivity index (χ2v) is 4.68. The van der Waals surface area contributed by atoms with Crippen LogP contribution >= 0.6 is 22.9 Å². The van der Waals surface area contributed by atoms with Crippen molar-refractivity contribution in [2.24, 2.45) is 0 Å². The first-order valence-corrected chi connectivity index (χ1v) is 6.11. The quantitative estimate of drug-likeness (QED) is 0.686. The number of ether oxygens (including phenoxy) is 1. The van der Waals surface area contributed by atoms with E-state index >= 15 is 0 Å². The summed E-state index contributed by atoms with van der Waals surface area (Å²) in [6.07, 6.45) is 0. The van der Waals surface area contributed by atoms with Gasteiger partial charge in [-0.3, -0.25) is 4.79 Å². The van der Waals surface area contributed by atoms with Crippen molar-refractivity contribution in [2.75, 3.05) is 12.8 Å². The molecule has 0 saturated heterocycles. The summed E-state index contributed by atoms with van der Waals surface area (Å²) in [6.45, 7) is 0. The summed E-state index contributed by atoms with van der Waals surface area (Å²) in [4.78, 5) is 12.7. The number of rotatable bonds is 3. The van der Waals surface area contributed by atoms with Gasteiger partial charge in [-0.2, -0.15) is 0 Å². The molecule has 0 amide bonds. The predicted octanol–water partition coefficient (Wildman–Crippen LogP) is 3.22. The summed E-state index contributed by atoms with van der Waals surface area (Å²) in [5.74, 6) is 0.219. The van der Waals surface area contributed by atoms with Gasteiger partial charge in [-0.1, -0.05) is 17.7 Å². The maximum absolute atomic E-state index is 12.3. The number of hydrogen-bond acceptors (Lipinski definition) is 4. The number of anilines is 1. The number of thiophene rings is 1. The van der Waals surface area contributed by atoms with Crippen molar-refractivity contribution in [1.29, 1.82) is 0 Å². The van der Waals surface area contributed by atoms with E-state index in [1.165, 1.54) is 18.4 Å². The molecule has 1 aromatic carbocycles. The molecule has 0 bridgehead atoms. The number of nitrogen functional groups attached to an aromatic ring is 1. The van der Waals surface area contributed by atoms with Crippen LogP contribution < -0.4 is 10.5 Å². The molecule has 3 nitrogen and oxygen atoms in total. The van der Waals surface area contributed by atoms with Crippen LogP contribution in [0.4, 0.5) is 5.69 Å². The Balaban J connectivity index is 2.52. The molecule has 2 rings (SSSR count). The molecule has 0 saturated carbocycles. The minimum atomic E-state index is -0.172. The Morgan fingerprint density at radius 2 is 2.18 bits per heavy atom. The van der Waals surface area contributed by atoms with Gasteiger partial charge in [0.1, 0.15) is 0 Å². The number of benzene rings is 1. The van der Waals surface area contributed by atoms with Gasteiger partial charge in [0.25, 0.3) is 0 Å². The molecule has 1 aromatic heterocycles. The Bertz CT molecular complexity index is 565. The zero-order valence-electron chi connectivity index (χ0n) is 9.07. The molecule has 0 spiro atoms. The Kier molecular flexibility index (Phi) is 3.36. The fraction of sp³-hybridized carbons (Fsp3) is 0.0833. The van der Waals surface area contributed by atoms with E-state index in [0.717, 1.165) is 0 Å². The van der Waals surface area contributed by atoms with E-state index in [1.54, 1.807) is 29.6 Å². The number of para-hydroxylation sites is 1. The molecule has 0 aliphatic carbocycles. The SMILES string of the molecule is COc1c(N)cccc1C(=O)c1sccc1Cl. The summed E-state index contributed by atoms with van der Waals surface area (Å²) in [5, 5.41) is 2.22. The summed E-state index contributed by atoms with van der Waals surface area (Å²) >= 11 is 7.24. The predicted molar refractivity (Wildman–Crippen MR) is 70.2 cm³/mol. The van der Waals surface area contributed by atoms with Crippen molar-refractivity contribution in [3.63, 3.8) is 0 Å². The molecule has 0 aliphatic rings. The topological polar surface area (TPSA) is 52.3 Å². The van der Waals surface area contributed by atoms with Crippen LogP contribution in [0.25, 0.3) is 0 Å². The van der Waals surface area contributed by atoms with Crippen molar-refractivity contribution in [1.82, 2.24) is 0 Å². The van der Waals surface area contributed by atoms with Gasteiger partial charge < -0.3 is 10.5 Å². The third-order valence-electron chi connectivity index (χ3n) is 2.32. The van der Waals surface area contributed by atoms with Gasteiger partial charge in [0.05, 0.1) is 28.3 Å². The number of ketones is 1. The van der Waals surface area contributed by atoms with Gasteiger partial charge in [-0.25, -0.2) is 0 Å². The lowest BCUT2D eigenvalue weighted by molar-refractivity contribution is 0.104. The summed E-state index contributed by atoms with van der Waals surface area (Å²) in [7, 11) is 1.48. The summed E-state index contributed by atoms with van der Waals surface area (Å²) in [5.41, 5.74) is 6.62. The van der Waals surface area contributed by atoms with Crippen LogP contribution in [0.1, 0.15) is 15.2 Å².